The van der Waals surface area contributed by atoms with E-state index in [9.17, 15) is 10.5 Å². The summed E-state index contributed by atoms with van der Waals surface area (Å²) in [6.45, 7) is 0. The number of amidine groups is 2. The summed E-state index contributed by atoms with van der Waals surface area (Å²) < 4.78 is 0. The fourth-order valence-corrected chi connectivity index (χ4v) is 6.50. The minimum absolute atomic E-state index is 0.383. The Balaban J connectivity index is 1.12. The topological polar surface area (TPSA) is 84.3 Å². The third-order valence-corrected chi connectivity index (χ3v) is 9.00. The van der Waals surface area contributed by atoms with Crippen molar-refractivity contribution in [1.82, 2.24) is 5.32 Å². The van der Waals surface area contributed by atoms with E-state index in [2.05, 4.69) is 115 Å². The highest BCUT2D eigenvalue weighted by Gasteiger charge is 2.21. The zero-order valence-electron chi connectivity index (χ0n) is 27.0. The van der Waals surface area contributed by atoms with Crippen molar-refractivity contribution in [3.63, 3.8) is 0 Å². The number of fused-ring (bicyclic) bond motifs is 1. The first-order valence-electron chi connectivity index (χ1n) is 16.4. The normalized spacial score (nSPS) is 12.7. The Kier molecular flexibility index (Phi) is 7.99. The predicted molar refractivity (Wildman–Crippen MR) is 202 cm³/mol. The summed E-state index contributed by atoms with van der Waals surface area (Å²) in [7, 11) is 0. The molecule has 0 aliphatic carbocycles. The maximum absolute atomic E-state index is 9.43. The van der Waals surface area contributed by atoms with Crippen LogP contribution >= 0.6 is 0 Å². The molecule has 1 aliphatic heterocycles. The summed E-state index contributed by atoms with van der Waals surface area (Å²) in [5.41, 5.74) is 10.3. The summed E-state index contributed by atoms with van der Waals surface area (Å²) in [5, 5.41) is 24.6. The molecule has 1 N–H and O–H groups in total. The third-order valence-electron chi connectivity index (χ3n) is 9.00. The summed E-state index contributed by atoms with van der Waals surface area (Å²) in [4.78, 5) is 10.1. The van der Waals surface area contributed by atoms with E-state index in [1.54, 1.807) is 6.07 Å². The first-order valence-corrected chi connectivity index (χ1v) is 16.4. The van der Waals surface area contributed by atoms with Gasteiger partial charge in [0.15, 0.2) is 6.17 Å². The fraction of sp³-hybridized carbons (Fsp3) is 0.0222. The number of hydrogen-bond acceptors (Lipinski definition) is 5. The van der Waals surface area contributed by atoms with Crippen LogP contribution in [0.25, 0.3) is 44.2 Å². The molecule has 5 nitrogen and oxygen atoms in total. The zero-order chi connectivity index (χ0) is 33.9. The second-order valence-electron chi connectivity index (χ2n) is 12.1. The molecule has 7 aromatic rings. The molecule has 8 rings (SSSR count). The van der Waals surface area contributed by atoms with Gasteiger partial charge in [-0.2, -0.15) is 10.5 Å². The van der Waals surface area contributed by atoms with E-state index in [1.807, 2.05) is 60.7 Å². The van der Waals surface area contributed by atoms with E-state index >= 15 is 0 Å². The number of nitrogens with zero attached hydrogens (tertiary/aromatic N) is 4. The summed E-state index contributed by atoms with van der Waals surface area (Å²) >= 11 is 0. The Labute approximate surface area is 290 Å². The van der Waals surface area contributed by atoms with Crippen molar-refractivity contribution in [2.75, 3.05) is 0 Å². The highest BCUT2D eigenvalue weighted by molar-refractivity contribution is 6.15. The molecule has 0 unspecified atom stereocenters. The summed E-state index contributed by atoms with van der Waals surface area (Å²) in [6.07, 6.45) is -0.383. The summed E-state index contributed by atoms with van der Waals surface area (Å²) in [5.74, 6) is 1.59. The molecule has 0 saturated carbocycles. The second kappa shape index (κ2) is 13.2. The van der Waals surface area contributed by atoms with Crippen LogP contribution in [-0.2, 0) is 0 Å². The van der Waals surface area contributed by atoms with Crippen LogP contribution in [0.5, 0.6) is 0 Å². The van der Waals surface area contributed by atoms with Crippen LogP contribution in [0, 0.1) is 22.7 Å². The lowest BCUT2D eigenvalue weighted by Crippen LogP contribution is -2.35. The smallest absolute Gasteiger partial charge is 0.169 e. The van der Waals surface area contributed by atoms with Gasteiger partial charge in [-0.15, -0.1) is 0 Å². The quantitative estimate of drug-likeness (QED) is 0.197. The lowest BCUT2D eigenvalue weighted by atomic mass is 9.91. The molecule has 7 aromatic carbocycles. The van der Waals surface area contributed by atoms with Crippen LogP contribution in [0.15, 0.2) is 174 Å². The average Bonchev–Trinajstić information content (AvgIpc) is 3.20. The first-order chi connectivity index (χ1) is 24.7. The molecule has 5 heteroatoms. The van der Waals surface area contributed by atoms with E-state index in [0.717, 1.165) is 72.5 Å². The SMILES string of the molecule is N#Cc1cc(C#N)cc(-c2ccc(-c3cccc4c(-c5ccc(C6N=C(c7ccccc7)NC(c7ccccc7)=N6)cc5)cccc34)cc2)c1. The van der Waals surface area contributed by atoms with Gasteiger partial charge in [0, 0.05) is 11.1 Å². The molecule has 0 amide bonds. The van der Waals surface area contributed by atoms with Crippen molar-refractivity contribution in [1.29, 1.82) is 10.5 Å². The molecular formula is C45H29N5. The van der Waals surface area contributed by atoms with Gasteiger partial charge in [0.1, 0.15) is 11.7 Å². The van der Waals surface area contributed by atoms with E-state index in [1.165, 1.54) is 0 Å². The van der Waals surface area contributed by atoms with Crippen molar-refractivity contribution in [2.24, 2.45) is 9.98 Å². The lowest BCUT2D eigenvalue weighted by molar-refractivity contribution is 0.756. The molecule has 1 aliphatic rings. The highest BCUT2D eigenvalue weighted by atomic mass is 15.2. The molecule has 0 aromatic heterocycles. The highest BCUT2D eigenvalue weighted by Crippen LogP contribution is 2.36. The maximum Gasteiger partial charge on any atom is 0.169 e. The number of benzene rings is 7. The standard InChI is InChI=1S/C45H29N5/c46-28-30-25-31(29-47)27-38(26-30)32-17-19-33(20-18-32)39-13-7-16-42-40(14-8-15-41(39)42)34-21-23-37(24-22-34)45-49-43(35-9-3-1-4-10-35)48-44(50-45)36-11-5-2-6-12-36/h1-27,45H,(H,48,49,50). The summed E-state index contributed by atoms with van der Waals surface area (Å²) in [6, 6.07) is 59.6. The second-order valence-corrected chi connectivity index (χ2v) is 12.1. The van der Waals surface area contributed by atoms with Crippen molar-refractivity contribution >= 4 is 22.4 Å². The Morgan fingerprint density at radius 1 is 0.420 bits per heavy atom. The number of aliphatic imine (C=N–C) groups is 2. The number of hydrogen-bond donors (Lipinski definition) is 1. The molecule has 0 spiro atoms. The van der Waals surface area contributed by atoms with Gasteiger partial charge in [-0.25, -0.2) is 9.98 Å². The molecule has 1 heterocycles. The fourth-order valence-electron chi connectivity index (χ4n) is 6.50. The maximum atomic E-state index is 9.43. The number of nitrogens with one attached hydrogen (secondary N) is 1. The molecule has 0 bridgehead atoms. The predicted octanol–water partition coefficient (Wildman–Crippen LogP) is 10.1. The molecule has 0 saturated heterocycles. The van der Waals surface area contributed by atoms with E-state index < -0.39 is 0 Å². The molecule has 234 valence electrons. The number of nitriles is 2. The van der Waals surface area contributed by atoms with Crippen molar-refractivity contribution in [3.8, 4) is 45.5 Å². The first kappa shape index (κ1) is 30.3. The van der Waals surface area contributed by atoms with Crippen molar-refractivity contribution < 1.29 is 0 Å². The minimum atomic E-state index is -0.383. The number of rotatable bonds is 6. The van der Waals surface area contributed by atoms with E-state index in [0.29, 0.717) is 11.1 Å². The molecule has 0 radical (unpaired) electrons. The van der Waals surface area contributed by atoms with Crippen molar-refractivity contribution in [3.05, 3.63) is 192 Å². The average molecular weight is 640 g/mol. The molecular weight excluding hydrogens is 611 g/mol. The zero-order valence-corrected chi connectivity index (χ0v) is 27.0. The van der Waals surface area contributed by atoms with Gasteiger partial charge < -0.3 is 5.32 Å². The van der Waals surface area contributed by atoms with Crippen LogP contribution in [0.4, 0.5) is 0 Å². The molecule has 50 heavy (non-hydrogen) atoms. The van der Waals surface area contributed by atoms with Gasteiger partial charge in [0.05, 0.1) is 23.3 Å². The van der Waals surface area contributed by atoms with Crippen LogP contribution in [0.3, 0.4) is 0 Å². The molecule has 0 fully saturated rings. The van der Waals surface area contributed by atoms with Gasteiger partial charge in [0.25, 0.3) is 0 Å². The van der Waals surface area contributed by atoms with Gasteiger partial charge in [-0.1, -0.05) is 146 Å². The lowest BCUT2D eigenvalue weighted by Gasteiger charge is -2.22. The van der Waals surface area contributed by atoms with Gasteiger partial charge in [-0.05, 0) is 67.9 Å². The van der Waals surface area contributed by atoms with Crippen molar-refractivity contribution in [2.45, 2.75) is 6.17 Å². The minimum Gasteiger partial charge on any atom is -0.324 e. The Morgan fingerprint density at radius 3 is 1.36 bits per heavy atom. The van der Waals surface area contributed by atoms with E-state index in [4.69, 9.17) is 9.98 Å². The van der Waals surface area contributed by atoms with Gasteiger partial charge >= 0.3 is 0 Å². The van der Waals surface area contributed by atoms with E-state index in [-0.39, 0.29) is 6.17 Å². The van der Waals surface area contributed by atoms with Crippen LogP contribution < -0.4 is 5.32 Å². The van der Waals surface area contributed by atoms with Gasteiger partial charge in [-0.3, -0.25) is 0 Å². The van der Waals surface area contributed by atoms with Crippen LogP contribution in [0.2, 0.25) is 0 Å². The van der Waals surface area contributed by atoms with Gasteiger partial charge in [0.2, 0.25) is 0 Å². The Morgan fingerprint density at radius 2 is 0.880 bits per heavy atom. The van der Waals surface area contributed by atoms with Crippen LogP contribution in [0.1, 0.15) is 34.0 Å². The van der Waals surface area contributed by atoms with Crippen LogP contribution in [-0.4, -0.2) is 11.7 Å². The monoisotopic (exact) mass is 639 g/mol. The Bertz CT molecular complexity index is 2410. The molecule has 0 atom stereocenters. The third kappa shape index (κ3) is 5.92. The largest absolute Gasteiger partial charge is 0.324 e. The Hall–Kier alpha value is -7.08.